The Morgan fingerprint density at radius 2 is 1.69 bits per heavy atom. The van der Waals surface area contributed by atoms with Crippen molar-refractivity contribution in [1.82, 2.24) is 15.0 Å². The number of aryl methyl sites for hydroxylation is 1. The molecule has 0 amide bonds. The van der Waals surface area contributed by atoms with Crippen LogP contribution in [0.2, 0.25) is 0 Å². The third-order valence-corrected chi connectivity index (χ3v) is 4.46. The van der Waals surface area contributed by atoms with Gasteiger partial charge in [-0.2, -0.15) is 26.3 Å². The fourth-order valence-corrected chi connectivity index (χ4v) is 3.43. The van der Waals surface area contributed by atoms with Gasteiger partial charge in [-0.3, -0.25) is 9.78 Å². The molecule has 2 aromatic heterocycles. The summed E-state index contributed by atoms with van der Waals surface area (Å²) in [4.78, 5) is 30.5. The van der Waals surface area contributed by atoms with Crippen molar-refractivity contribution in [3.63, 3.8) is 0 Å². The Kier molecular flexibility index (Phi) is 3.98. The predicted molar refractivity (Wildman–Crippen MR) is 81.0 cm³/mol. The van der Waals surface area contributed by atoms with Gasteiger partial charge in [0.05, 0.1) is 16.5 Å². The van der Waals surface area contributed by atoms with Crippen molar-refractivity contribution in [2.45, 2.75) is 19.3 Å². The zero-order chi connectivity index (χ0) is 19.4. The summed E-state index contributed by atoms with van der Waals surface area (Å²) < 4.78 is 78.6. The molecule has 0 atom stereocenters. The van der Waals surface area contributed by atoms with E-state index in [0.717, 1.165) is 6.92 Å². The van der Waals surface area contributed by atoms with Crippen LogP contribution in [0.15, 0.2) is 21.0 Å². The molecule has 0 unspecified atom stereocenters. The third-order valence-electron chi connectivity index (χ3n) is 3.60. The minimum absolute atomic E-state index is 0.203. The Balaban J connectivity index is 2.43. The van der Waals surface area contributed by atoms with Gasteiger partial charge in [-0.1, -0.05) is 0 Å². The maximum atomic E-state index is 13.5. The Morgan fingerprint density at radius 1 is 1.04 bits per heavy atom. The van der Waals surface area contributed by atoms with Crippen molar-refractivity contribution in [1.29, 1.82) is 0 Å². The molecule has 138 valence electrons. The molecular formula is C14H7F6N3O2S. The number of aromatic nitrogens is 3. The Hall–Kier alpha value is -2.63. The van der Waals surface area contributed by atoms with Crippen LogP contribution in [0.5, 0.6) is 0 Å². The van der Waals surface area contributed by atoms with E-state index >= 15 is 0 Å². The van der Waals surface area contributed by atoms with E-state index in [1.54, 1.807) is 4.98 Å². The first kappa shape index (κ1) is 18.2. The average molecular weight is 395 g/mol. The van der Waals surface area contributed by atoms with Crippen molar-refractivity contribution in [3.8, 4) is 10.6 Å². The largest absolute Gasteiger partial charge is 0.434 e. The van der Waals surface area contributed by atoms with Crippen LogP contribution in [0.4, 0.5) is 26.3 Å². The summed E-state index contributed by atoms with van der Waals surface area (Å²) in [7, 11) is 0. The molecule has 1 aromatic carbocycles. The summed E-state index contributed by atoms with van der Waals surface area (Å²) in [6.07, 6.45) is -9.77. The maximum absolute atomic E-state index is 13.5. The number of aromatic amines is 2. The second-order valence-electron chi connectivity index (χ2n) is 5.29. The second-order valence-corrected chi connectivity index (χ2v) is 6.15. The van der Waals surface area contributed by atoms with Crippen molar-refractivity contribution in [3.05, 3.63) is 49.1 Å². The second kappa shape index (κ2) is 5.69. The molecule has 0 aliphatic carbocycles. The molecule has 0 aliphatic heterocycles. The van der Waals surface area contributed by atoms with Crippen molar-refractivity contribution < 1.29 is 26.3 Å². The van der Waals surface area contributed by atoms with E-state index < -0.39 is 50.8 Å². The summed E-state index contributed by atoms with van der Waals surface area (Å²) in [5.41, 5.74) is -5.67. The molecule has 2 N–H and O–H groups in total. The van der Waals surface area contributed by atoms with Gasteiger partial charge in [-0.15, -0.1) is 11.3 Å². The number of fused-ring (bicyclic) bond motifs is 1. The van der Waals surface area contributed by atoms with Gasteiger partial charge in [0.1, 0.15) is 5.01 Å². The molecule has 0 aliphatic rings. The summed E-state index contributed by atoms with van der Waals surface area (Å²) in [6, 6.07) is 0.487. The van der Waals surface area contributed by atoms with E-state index in [4.69, 9.17) is 0 Å². The highest BCUT2D eigenvalue weighted by molar-refractivity contribution is 7.13. The number of hydrogen-bond donors (Lipinski definition) is 2. The number of nitrogens with zero attached hydrogens (tertiary/aromatic N) is 1. The monoisotopic (exact) mass is 395 g/mol. The number of alkyl halides is 6. The molecule has 0 saturated carbocycles. The van der Waals surface area contributed by atoms with Crippen LogP contribution in [0.1, 0.15) is 16.8 Å². The molecule has 26 heavy (non-hydrogen) atoms. The molecule has 5 nitrogen and oxygen atoms in total. The van der Waals surface area contributed by atoms with Crippen LogP contribution in [0.25, 0.3) is 21.5 Å². The van der Waals surface area contributed by atoms with Crippen LogP contribution < -0.4 is 11.2 Å². The number of hydrogen-bond acceptors (Lipinski definition) is 4. The number of H-pyrrole nitrogens is 2. The Labute approximate surface area is 143 Å². The van der Waals surface area contributed by atoms with Gasteiger partial charge in [0, 0.05) is 10.9 Å². The molecule has 12 heteroatoms. The number of thiazole rings is 1. The lowest BCUT2D eigenvalue weighted by molar-refractivity contribution is -0.140. The molecule has 0 spiro atoms. The zero-order valence-corrected chi connectivity index (χ0v) is 13.4. The first-order chi connectivity index (χ1) is 11.9. The molecule has 0 radical (unpaired) electrons. The topological polar surface area (TPSA) is 78.6 Å². The summed E-state index contributed by atoms with van der Waals surface area (Å²) >= 11 is 0.382. The summed E-state index contributed by atoms with van der Waals surface area (Å²) in [5, 5.41) is -0.365. The van der Waals surface area contributed by atoms with E-state index in [1.807, 2.05) is 0 Å². The highest BCUT2D eigenvalue weighted by Gasteiger charge is 2.38. The van der Waals surface area contributed by atoms with Gasteiger partial charge in [0.25, 0.3) is 5.56 Å². The number of nitrogens with one attached hydrogen (secondary N) is 2. The molecule has 3 aromatic rings. The number of rotatable bonds is 1. The first-order valence-corrected chi connectivity index (χ1v) is 7.67. The highest BCUT2D eigenvalue weighted by atomic mass is 32.1. The SMILES string of the molecule is Cc1c(-c2nc(C(F)(F)F)cs2)c(C(F)(F)F)cc2c(=O)[nH]c(=O)[nH]c12. The predicted octanol–water partition coefficient (Wildman–Crippen LogP) is 3.69. The first-order valence-electron chi connectivity index (χ1n) is 6.80. The lowest BCUT2D eigenvalue weighted by atomic mass is 9.98. The van der Waals surface area contributed by atoms with Crippen molar-refractivity contribution in [2.24, 2.45) is 0 Å². The molecule has 2 heterocycles. The summed E-state index contributed by atoms with van der Waals surface area (Å²) in [5.74, 6) is 0. The number of benzene rings is 1. The zero-order valence-electron chi connectivity index (χ0n) is 12.6. The lowest BCUT2D eigenvalue weighted by Crippen LogP contribution is -2.23. The minimum Gasteiger partial charge on any atom is -0.307 e. The summed E-state index contributed by atoms with van der Waals surface area (Å²) in [6.45, 7) is 1.16. The van der Waals surface area contributed by atoms with Gasteiger partial charge >= 0.3 is 18.0 Å². The van der Waals surface area contributed by atoms with E-state index in [9.17, 15) is 35.9 Å². The van der Waals surface area contributed by atoms with Crippen LogP contribution in [0, 0.1) is 6.92 Å². The fraction of sp³-hybridized carbons (Fsp3) is 0.214. The van der Waals surface area contributed by atoms with Gasteiger partial charge < -0.3 is 4.98 Å². The van der Waals surface area contributed by atoms with E-state index in [2.05, 4.69) is 9.97 Å². The van der Waals surface area contributed by atoms with Gasteiger partial charge in [-0.25, -0.2) is 9.78 Å². The highest BCUT2D eigenvalue weighted by Crippen LogP contribution is 2.43. The van der Waals surface area contributed by atoms with Gasteiger partial charge in [-0.05, 0) is 18.6 Å². The average Bonchev–Trinajstić information content (AvgIpc) is 2.96. The molecule has 0 fully saturated rings. The normalized spacial score (nSPS) is 12.7. The van der Waals surface area contributed by atoms with E-state index in [-0.39, 0.29) is 11.1 Å². The maximum Gasteiger partial charge on any atom is 0.434 e. The van der Waals surface area contributed by atoms with Gasteiger partial charge in [0.2, 0.25) is 0 Å². The smallest absolute Gasteiger partial charge is 0.307 e. The van der Waals surface area contributed by atoms with Crippen LogP contribution in [-0.2, 0) is 12.4 Å². The Morgan fingerprint density at radius 3 is 2.23 bits per heavy atom. The quantitative estimate of drug-likeness (QED) is 0.617. The minimum atomic E-state index is -4.96. The third kappa shape index (κ3) is 3.00. The van der Waals surface area contributed by atoms with E-state index in [1.165, 1.54) is 0 Å². The van der Waals surface area contributed by atoms with Crippen molar-refractivity contribution in [2.75, 3.05) is 0 Å². The molecular weight excluding hydrogens is 388 g/mol. The van der Waals surface area contributed by atoms with Crippen molar-refractivity contribution >= 4 is 22.2 Å². The van der Waals surface area contributed by atoms with Crippen LogP contribution in [0.3, 0.4) is 0 Å². The number of halogens is 6. The lowest BCUT2D eigenvalue weighted by Gasteiger charge is -2.15. The van der Waals surface area contributed by atoms with Crippen LogP contribution in [-0.4, -0.2) is 15.0 Å². The van der Waals surface area contributed by atoms with Crippen LogP contribution >= 0.6 is 11.3 Å². The molecule has 0 bridgehead atoms. The fourth-order valence-electron chi connectivity index (χ4n) is 2.49. The van der Waals surface area contributed by atoms with E-state index in [0.29, 0.717) is 22.8 Å². The molecule has 0 saturated heterocycles. The Bertz CT molecular complexity index is 1120. The molecule has 3 rings (SSSR count). The van der Waals surface area contributed by atoms with Gasteiger partial charge in [0.15, 0.2) is 5.69 Å². The standard InChI is InChI=1S/C14H7F6N3O2S/c1-4-8(11-21-7(3-26-11)14(18,19)20)6(13(15,16)17)2-5-9(4)22-12(25)23-10(5)24/h2-3H,1H3,(H2,22,23,24,25).